The first-order valence-electron chi connectivity index (χ1n) is 6.77. The van der Waals surface area contributed by atoms with Crippen molar-refractivity contribution in [3.05, 3.63) is 71.3 Å². The molecule has 0 fully saturated rings. The second-order valence-electron chi connectivity index (χ2n) is 5.00. The fourth-order valence-corrected chi connectivity index (χ4v) is 2.38. The quantitative estimate of drug-likeness (QED) is 0.528. The molecule has 0 bridgehead atoms. The van der Waals surface area contributed by atoms with Gasteiger partial charge in [0.2, 0.25) is 0 Å². The monoisotopic (exact) mass is 277 g/mol. The number of carbonyl (C=O) groups excluding carboxylic acids is 1. The van der Waals surface area contributed by atoms with Crippen LogP contribution in [0.2, 0.25) is 0 Å². The van der Waals surface area contributed by atoms with Gasteiger partial charge in [0.05, 0.1) is 17.3 Å². The highest BCUT2D eigenvalue weighted by molar-refractivity contribution is 6.08. The smallest absolute Gasteiger partial charge is 0.189 e. The molecule has 104 valence electrons. The lowest BCUT2D eigenvalue weighted by Crippen LogP contribution is -1.96. The highest BCUT2D eigenvalue weighted by Gasteiger charge is 2.12. The van der Waals surface area contributed by atoms with Gasteiger partial charge in [-0.05, 0) is 43.2 Å². The number of pyridine rings is 1. The van der Waals surface area contributed by atoms with Crippen molar-refractivity contribution in [2.24, 2.45) is 0 Å². The number of carbonyl (C=O) groups is 1. The van der Waals surface area contributed by atoms with Gasteiger partial charge in [0.1, 0.15) is 5.76 Å². The number of hydrogen-bond donors (Lipinski definition) is 0. The van der Waals surface area contributed by atoms with E-state index in [1.165, 1.54) is 0 Å². The Balaban J connectivity index is 1.89. The zero-order chi connectivity index (χ0) is 14.8. The molecule has 2 heterocycles. The second-order valence-corrected chi connectivity index (χ2v) is 5.00. The molecular weight excluding hydrogens is 262 g/mol. The van der Waals surface area contributed by atoms with Crippen LogP contribution in [0.3, 0.4) is 0 Å². The van der Waals surface area contributed by atoms with E-state index in [2.05, 4.69) is 4.98 Å². The number of aryl methyl sites for hydroxylation is 2. The summed E-state index contributed by atoms with van der Waals surface area (Å²) >= 11 is 0. The molecule has 0 atom stereocenters. The van der Waals surface area contributed by atoms with Crippen LogP contribution in [0.5, 0.6) is 0 Å². The molecule has 3 heteroatoms. The zero-order valence-corrected chi connectivity index (χ0v) is 12.0. The van der Waals surface area contributed by atoms with Crippen molar-refractivity contribution in [3.63, 3.8) is 0 Å². The molecular formula is C18H15NO2. The topological polar surface area (TPSA) is 43.1 Å². The average Bonchev–Trinajstić information content (AvgIpc) is 2.84. The standard InChI is InChI=1S/C18H15NO2/c1-12-11-21-13(2)18(12)17(20)8-6-14-5-7-15-4-3-9-19-16(15)10-14/h3-11H,1-2H3/b8-6+. The van der Waals surface area contributed by atoms with Gasteiger partial charge >= 0.3 is 0 Å². The first-order valence-corrected chi connectivity index (χ1v) is 6.77. The molecule has 0 aliphatic carbocycles. The van der Waals surface area contributed by atoms with Gasteiger partial charge in [0, 0.05) is 11.6 Å². The first-order chi connectivity index (χ1) is 10.1. The lowest BCUT2D eigenvalue weighted by molar-refractivity contribution is 0.104. The SMILES string of the molecule is Cc1coc(C)c1C(=O)/C=C/c1ccc2cccnc2c1. The molecule has 0 saturated carbocycles. The highest BCUT2D eigenvalue weighted by atomic mass is 16.3. The minimum Gasteiger partial charge on any atom is -0.469 e. The largest absolute Gasteiger partial charge is 0.469 e. The normalized spacial score (nSPS) is 11.3. The van der Waals surface area contributed by atoms with E-state index in [0.29, 0.717) is 11.3 Å². The maximum atomic E-state index is 12.2. The molecule has 0 aliphatic rings. The number of furan rings is 1. The fraction of sp³-hybridized carbons (Fsp3) is 0.111. The van der Waals surface area contributed by atoms with E-state index in [1.54, 1.807) is 25.5 Å². The molecule has 21 heavy (non-hydrogen) atoms. The summed E-state index contributed by atoms with van der Waals surface area (Å²) in [6, 6.07) is 9.86. The van der Waals surface area contributed by atoms with Crippen LogP contribution in [0.25, 0.3) is 17.0 Å². The molecule has 0 amide bonds. The summed E-state index contributed by atoms with van der Waals surface area (Å²) in [7, 11) is 0. The molecule has 2 aromatic heterocycles. The van der Waals surface area contributed by atoms with Crippen LogP contribution in [-0.2, 0) is 0 Å². The van der Waals surface area contributed by atoms with Crippen molar-refractivity contribution in [1.29, 1.82) is 0 Å². The summed E-state index contributed by atoms with van der Waals surface area (Å²) < 4.78 is 5.26. The number of rotatable bonds is 3. The van der Waals surface area contributed by atoms with Gasteiger partial charge in [-0.25, -0.2) is 0 Å². The lowest BCUT2D eigenvalue weighted by Gasteiger charge is -1.99. The average molecular weight is 277 g/mol. The van der Waals surface area contributed by atoms with Crippen LogP contribution < -0.4 is 0 Å². The summed E-state index contributed by atoms with van der Waals surface area (Å²) in [5.41, 5.74) is 3.38. The summed E-state index contributed by atoms with van der Waals surface area (Å²) in [5.74, 6) is 0.613. The van der Waals surface area contributed by atoms with E-state index in [9.17, 15) is 4.79 Å². The van der Waals surface area contributed by atoms with E-state index in [4.69, 9.17) is 4.42 Å². The molecule has 0 unspecified atom stereocenters. The van der Waals surface area contributed by atoms with E-state index in [-0.39, 0.29) is 5.78 Å². The van der Waals surface area contributed by atoms with Crippen LogP contribution >= 0.6 is 0 Å². The van der Waals surface area contributed by atoms with Crippen LogP contribution in [0.1, 0.15) is 27.2 Å². The number of nitrogens with zero attached hydrogens (tertiary/aromatic N) is 1. The Morgan fingerprint density at radius 2 is 2.10 bits per heavy atom. The zero-order valence-electron chi connectivity index (χ0n) is 12.0. The predicted octanol–water partition coefficient (Wildman–Crippen LogP) is 4.34. The van der Waals surface area contributed by atoms with Gasteiger partial charge in [-0.3, -0.25) is 9.78 Å². The third-order valence-electron chi connectivity index (χ3n) is 3.46. The minimum atomic E-state index is -0.0418. The van der Waals surface area contributed by atoms with Gasteiger partial charge in [-0.1, -0.05) is 24.3 Å². The maximum Gasteiger partial charge on any atom is 0.189 e. The number of fused-ring (bicyclic) bond motifs is 1. The van der Waals surface area contributed by atoms with Crippen molar-refractivity contribution in [2.75, 3.05) is 0 Å². The molecule has 0 radical (unpaired) electrons. The summed E-state index contributed by atoms with van der Waals surface area (Å²) in [6.07, 6.45) is 6.76. The van der Waals surface area contributed by atoms with Crippen molar-refractivity contribution in [2.45, 2.75) is 13.8 Å². The molecule has 0 aliphatic heterocycles. The molecule has 3 rings (SSSR count). The predicted molar refractivity (Wildman–Crippen MR) is 83.3 cm³/mol. The summed E-state index contributed by atoms with van der Waals surface area (Å²) in [5, 5.41) is 1.09. The third-order valence-corrected chi connectivity index (χ3v) is 3.46. The van der Waals surface area contributed by atoms with Crippen molar-refractivity contribution in [3.8, 4) is 0 Å². The minimum absolute atomic E-state index is 0.0418. The Kier molecular flexibility index (Phi) is 3.40. The van der Waals surface area contributed by atoms with Crippen LogP contribution in [0.15, 0.2) is 53.3 Å². The van der Waals surface area contributed by atoms with Crippen molar-refractivity contribution < 1.29 is 9.21 Å². The Hall–Kier alpha value is -2.68. The Bertz CT molecular complexity index is 824. The van der Waals surface area contributed by atoms with Gasteiger partial charge in [0.25, 0.3) is 0 Å². The van der Waals surface area contributed by atoms with E-state index in [1.807, 2.05) is 43.3 Å². The Morgan fingerprint density at radius 3 is 2.86 bits per heavy atom. The Morgan fingerprint density at radius 1 is 1.24 bits per heavy atom. The fourth-order valence-electron chi connectivity index (χ4n) is 2.38. The van der Waals surface area contributed by atoms with Gasteiger partial charge in [0.15, 0.2) is 5.78 Å². The number of ketones is 1. The van der Waals surface area contributed by atoms with E-state index < -0.39 is 0 Å². The van der Waals surface area contributed by atoms with Gasteiger partial charge in [-0.2, -0.15) is 0 Å². The molecule has 0 N–H and O–H groups in total. The van der Waals surface area contributed by atoms with E-state index >= 15 is 0 Å². The van der Waals surface area contributed by atoms with Gasteiger partial charge in [-0.15, -0.1) is 0 Å². The maximum absolute atomic E-state index is 12.2. The Labute approximate surface area is 122 Å². The second kappa shape index (κ2) is 5.37. The van der Waals surface area contributed by atoms with Crippen LogP contribution in [-0.4, -0.2) is 10.8 Å². The molecule has 1 aromatic carbocycles. The molecule has 3 nitrogen and oxygen atoms in total. The summed E-state index contributed by atoms with van der Waals surface area (Å²) in [4.78, 5) is 16.5. The molecule has 0 spiro atoms. The number of allylic oxidation sites excluding steroid dienone is 1. The van der Waals surface area contributed by atoms with Crippen LogP contribution in [0.4, 0.5) is 0 Å². The molecule has 3 aromatic rings. The van der Waals surface area contributed by atoms with E-state index in [0.717, 1.165) is 22.0 Å². The van der Waals surface area contributed by atoms with Gasteiger partial charge < -0.3 is 4.42 Å². The van der Waals surface area contributed by atoms with Crippen molar-refractivity contribution >= 4 is 22.8 Å². The summed E-state index contributed by atoms with van der Waals surface area (Å²) in [6.45, 7) is 3.67. The lowest BCUT2D eigenvalue weighted by atomic mass is 10.1. The number of aromatic nitrogens is 1. The molecule has 0 saturated heterocycles. The highest BCUT2D eigenvalue weighted by Crippen LogP contribution is 2.18. The van der Waals surface area contributed by atoms with Crippen molar-refractivity contribution in [1.82, 2.24) is 4.98 Å². The number of benzene rings is 1. The third kappa shape index (κ3) is 2.63. The first kappa shape index (κ1) is 13.3. The van der Waals surface area contributed by atoms with Crippen LogP contribution in [0, 0.1) is 13.8 Å². The number of hydrogen-bond acceptors (Lipinski definition) is 3.